The molecule has 40 heteroatoms. The van der Waals surface area contributed by atoms with Crippen LogP contribution in [0.5, 0.6) is 0 Å². The van der Waals surface area contributed by atoms with Crippen LogP contribution in [0.4, 0.5) is 0 Å². The van der Waals surface area contributed by atoms with E-state index in [-0.39, 0.29) is 43.3 Å². The predicted molar refractivity (Wildman–Crippen MR) is 465 cm³/mol. The molecule has 0 radical (unpaired) electrons. The van der Waals surface area contributed by atoms with E-state index in [1.54, 1.807) is 0 Å². The van der Waals surface area contributed by atoms with Crippen molar-refractivity contribution in [2.75, 3.05) is 159 Å². The third-order valence-corrected chi connectivity index (χ3v) is 38.6. The Kier molecular flexibility index (Phi) is 41.0. The molecule has 0 amide bonds. The van der Waals surface area contributed by atoms with Crippen LogP contribution in [-0.4, -0.2) is 159 Å². The minimum absolute atomic E-state index is 0.00736. The number of fused-ring (bicyclic) bond motifs is 24. The lowest BCUT2D eigenvalue weighted by Crippen LogP contribution is -2.52. The number of rotatable bonds is 33. The van der Waals surface area contributed by atoms with Crippen molar-refractivity contribution in [2.45, 2.75) is 295 Å². The van der Waals surface area contributed by atoms with E-state index in [1.165, 1.54) is 186 Å². The van der Waals surface area contributed by atoms with Crippen LogP contribution in [0.2, 0.25) is 0 Å². The zero-order valence-electron chi connectivity index (χ0n) is 76.4. The highest BCUT2D eigenvalue weighted by Crippen LogP contribution is 2.69. The van der Waals surface area contributed by atoms with E-state index in [1.807, 2.05) is 0 Å². The van der Waals surface area contributed by atoms with E-state index >= 15 is 0 Å². The van der Waals surface area contributed by atoms with E-state index in [2.05, 4.69) is 83.1 Å². The van der Waals surface area contributed by atoms with Gasteiger partial charge in [-0.15, -0.1) is 0 Å². The molecule has 24 saturated heterocycles. The van der Waals surface area contributed by atoms with Gasteiger partial charge in [-0.3, -0.25) is 109 Å². The van der Waals surface area contributed by atoms with Gasteiger partial charge in [-0.05, 0) is 73.5 Å². The fourth-order valence-corrected chi connectivity index (χ4v) is 30.6. The molecule has 24 aliphatic heterocycles. The van der Waals surface area contributed by atoms with Crippen molar-refractivity contribution in [3.63, 3.8) is 0 Å². The minimum Gasteiger partial charge on any atom is -0.286 e. The first kappa shape index (κ1) is 106. The summed E-state index contributed by atoms with van der Waals surface area (Å²) in [6, 6.07) is 0. The first-order chi connectivity index (χ1) is 58.5. The Hall–Kier alpha value is 0.880. The van der Waals surface area contributed by atoms with Gasteiger partial charge in [0.1, 0.15) is 0 Å². The molecule has 25 fully saturated rings. The van der Waals surface area contributed by atoms with Crippen LogP contribution in [0.15, 0.2) is 0 Å². The Balaban J connectivity index is 0.000000150. The Morgan fingerprint density at radius 2 is 0.553 bits per heavy atom. The summed E-state index contributed by atoms with van der Waals surface area (Å²) in [4.78, 5) is 0. The summed E-state index contributed by atoms with van der Waals surface area (Å²) < 4.78 is 215. The van der Waals surface area contributed by atoms with Gasteiger partial charge in [0.2, 0.25) is 0 Å². The molecule has 1 unspecified atom stereocenters. The zero-order valence-corrected chi connectivity index (χ0v) is 83.6. The largest absolute Gasteiger partial charge is 0.474 e. The highest BCUT2D eigenvalue weighted by atomic mass is 31.2. The van der Waals surface area contributed by atoms with Crippen LogP contribution in [0.1, 0.15) is 295 Å². The Labute approximate surface area is 736 Å². The lowest BCUT2D eigenvalue weighted by atomic mass is 9.66. The molecule has 0 aromatic heterocycles. The molecule has 0 aromatic carbocycles. The minimum atomic E-state index is -3.17. The molecule has 25 rings (SSSR count). The Morgan fingerprint density at radius 3 is 0.837 bits per heavy atom. The molecule has 0 N–H and O–H groups in total. The van der Waals surface area contributed by atoms with E-state index in [9.17, 15) is 36.5 Å². The molecule has 1 aliphatic carbocycles. The van der Waals surface area contributed by atoms with Crippen LogP contribution >= 0.6 is 62.6 Å². The van der Waals surface area contributed by atoms with Crippen LogP contribution in [0.3, 0.4) is 0 Å². The van der Waals surface area contributed by atoms with Gasteiger partial charge < -0.3 is 0 Å². The summed E-state index contributed by atoms with van der Waals surface area (Å²) in [6.07, 6.45) is 42.7. The maximum atomic E-state index is 11.7. The molecule has 32 nitrogen and oxygen atoms in total. The molecule has 0 spiro atoms. The summed E-state index contributed by atoms with van der Waals surface area (Å²) >= 11 is 0. The highest BCUT2D eigenvalue weighted by molar-refractivity contribution is 7.50. The molecule has 1 atom stereocenters. The molecular formula is C83H156O32P8. The van der Waals surface area contributed by atoms with E-state index < -0.39 is 62.6 Å². The first-order valence-corrected chi connectivity index (χ1v) is 58.4. The monoisotopic (exact) mass is 1910 g/mol. The molecule has 16 bridgehead atoms. The fraction of sp³-hybridized carbons (Fsp3) is 1.00. The summed E-state index contributed by atoms with van der Waals surface area (Å²) in [5, 5.41) is 0. The van der Waals surface area contributed by atoms with Gasteiger partial charge in [0.05, 0.1) is 159 Å². The Morgan fingerprint density at radius 1 is 0.293 bits per heavy atom. The maximum Gasteiger partial charge on any atom is 0.474 e. The zero-order chi connectivity index (χ0) is 88.7. The van der Waals surface area contributed by atoms with Crippen molar-refractivity contribution >= 4 is 62.6 Å². The van der Waals surface area contributed by atoms with Gasteiger partial charge >= 0.3 is 62.6 Å². The topological polar surface area (TPSA) is 358 Å². The summed E-state index contributed by atoms with van der Waals surface area (Å²) in [7, 11) is -25.0. The van der Waals surface area contributed by atoms with Gasteiger partial charge in [-0.2, -0.15) is 0 Å². The van der Waals surface area contributed by atoms with Crippen molar-refractivity contribution in [3.05, 3.63) is 0 Å². The van der Waals surface area contributed by atoms with Gasteiger partial charge in [0.15, 0.2) is 0 Å². The van der Waals surface area contributed by atoms with Gasteiger partial charge in [0.25, 0.3) is 0 Å². The summed E-state index contributed by atoms with van der Waals surface area (Å²) in [5.74, 6) is 2.99. The summed E-state index contributed by atoms with van der Waals surface area (Å²) in [6.45, 7) is 38.8. The molecule has 1 saturated carbocycles. The fourth-order valence-electron chi connectivity index (χ4n) is 18.8. The SMILES string of the molecule is CC(C)(C)C12COP(=O)(OC1)OC2.CC(C)C(C(C)C)C12COP(=O)(OC1)OC2.CCC12COP(=O)(OC1)OC2.CCCCCC(CC)C12COP(=O)(OC1)OC2.CCCCCCC12COP(=O)(OC1)OC2.CCCCCCCCCCCCCCCCCCC12COP(=O)(OC1)OC2.O=P12OCC(C3CCCCC3)(CO1)CO2.O=P12OCC(CO1)CO2. The first-order valence-electron chi connectivity index (χ1n) is 46.7. The second-order valence-electron chi connectivity index (χ2n) is 39.4. The van der Waals surface area contributed by atoms with Crippen molar-refractivity contribution < 1.29 is 145 Å². The number of phosphoric ester groups is 8. The number of phosphoric acid groups is 8. The lowest BCUT2D eigenvalue weighted by molar-refractivity contribution is -0.143. The maximum absolute atomic E-state index is 11.7. The van der Waals surface area contributed by atoms with Crippen LogP contribution in [0.25, 0.3) is 0 Å². The quantitative estimate of drug-likeness (QED) is 0.0435. The van der Waals surface area contributed by atoms with Crippen molar-refractivity contribution in [3.8, 4) is 0 Å². The number of hydrogen-bond donors (Lipinski definition) is 0. The van der Waals surface area contributed by atoms with Gasteiger partial charge in [-0.25, -0.2) is 36.5 Å². The van der Waals surface area contributed by atoms with Crippen LogP contribution in [-0.2, 0) is 145 Å². The second kappa shape index (κ2) is 47.6. The number of hydrogen-bond acceptors (Lipinski definition) is 32. The highest BCUT2D eigenvalue weighted by Gasteiger charge is 2.60. The van der Waals surface area contributed by atoms with Crippen LogP contribution in [0, 0.1) is 78.8 Å². The third-order valence-electron chi connectivity index (χ3n) is 27.8. The van der Waals surface area contributed by atoms with E-state index in [4.69, 9.17) is 109 Å². The average molecular weight is 1910 g/mol. The third kappa shape index (κ3) is 29.9. The van der Waals surface area contributed by atoms with Crippen molar-refractivity contribution in [1.29, 1.82) is 0 Å². The Bertz CT molecular complexity index is 3360. The number of unbranched alkanes of at least 4 members (excludes halogenated alkanes) is 20. The predicted octanol–water partition coefficient (Wildman–Crippen LogP) is 25.1. The van der Waals surface area contributed by atoms with Crippen molar-refractivity contribution in [1.82, 2.24) is 0 Å². The van der Waals surface area contributed by atoms with E-state index in [0.717, 1.165) is 25.7 Å². The summed E-state index contributed by atoms with van der Waals surface area (Å²) in [5.41, 5.74) is -0.387. The second-order valence-corrected chi connectivity index (χ2v) is 52.7. The molecule has 25 aliphatic rings. The molecular weight excluding hydrogens is 1760 g/mol. The van der Waals surface area contributed by atoms with Crippen molar-refractivity contribution in [2.24, 2.45) is 78.8 Å². The van der Waals surface area contributed by atoms with Gasteiger partial charge in [0, 0.05) is 43.8 Å². The molecule has 720 valence electrons. The van der Waals surface area contributed by atoms with Crippen LogP contribution < -0.4 is 0 Å². The normalized spacial score (nSPS) is 39.7. The molecule has 24 heterocycles. The smallest absolute Gasteiger partial charge is 0.286 e. The molecule has 123 heavy (non-hydrogen) atoms. The van der Waals surface area contributed by atoms with E-state index in [0.29, 0.717) is 194 Å². The average Bonchev–Trinajstić information content (AvgIpc) is 0.747. The molecule has 0 aromatic rings. The standard InChI is InChI=1S/C22H43O4P.C12H23O4P.C11H21O4P.C10H17O4P.C10H19O4P.C8H15O4P.C6H11O4P.C4H7O4P/c1-2-3-4-5-6-7-8-9-10-11-12-13-14-15-16-17-18-22-19-24-27(23,25-20-22)26-21-22;1-3-5-6-7-11(4-2)12-8-14-17(13,15-9-12)16-10-12;1-8(2)10(9(3)4)11-5-13-16(12,14-6-11)15-7-11;11-15-12-6-10(7-13-15,8-14-15)9-4-2-1-3-5-9;1-2-3-4-5-6-10-7-12-15(11,13-8-10)14-9-10;1-7(2,3)8-4-10-13(9,11-5-8)12-6-8;1-2-6-3-8-11(7,9-4-6)10-5-6;5-9-6-1-4(2-7-9)3-8-9/h2-21H2,1H3;11H,3-10H2,1-2H3;8-10H,5-7H2,1-4H3;9H,1-8H2;2-9H2,1H3;4-6H2,1-3H3;2-5H2,1H3;4H,1-3H2. The van der Waals surface area contributed by atoms with Gasteiger partial charge in [-0.1, -0.05) is 256 Å². The lowest BCUT2D eigenvalue weighted by Gasteiger charge is -2.51.